The number of nitriles is 1. The first-order valence-corrected chi connectivity index (χ1v) is 6.44. The largest absolute Gasteiger partial charge is 0.282 e. The van der Waals surface area contributed by atoms with Crippen molar-refractivity contribution >= 4 is 28.1 Å². The monoisotopic (exact) mass is 333 g/mol. The molecule has 2 rings (SSSR count). The van der Waals surface area contributed by atoms with Crippen molar-refractivity contribution in [3.8, 4) is 6.07 Å². The fraction of sp³-hybridized carbons (Fsp3) is 0.0714. The Kier molecular flexibility index (Phi) is 4.11. The highest BCUT2D eigenvalue weighted by atomic mass is 79.9. The number of nitrogens with zero attached hydrogens (tertiary/aromatic N) is 2. The molecule has 0 saturated carbocycles. The number of halogens is 2. The predicted molar refractivity (Wildman–Crippen MR) is 77.3 cm³/mol. The molecule has 2 aromatic rings. The third-order valence-corrected chi connectivity index (χ3v) is 3.36. The molecule has 0 fully saturated rings. The van der Waals surface area contributed by atoms with Gasteiger partial charge >= 0.3 is 0 Å². The second kappa shape index (κ2) is 5.80. The summed E-state index contributed by atoms with van der Waals surface area (Å²) in [6.07, 6.45) is 3.38. The molecule has 1 heterocycles. The summed E-state index contributed by atoms with van der Waals surface area (Å²) >= 11 is 3.10. The minimum Gasteiger partial charge on any atom is -0.267 e. The summed E-state index contributed by atoms with van der Waals surface area (Å²) < 4.78 is 13.5. The number of H-pyrrole nitrogens is 1. The fourth-order valence-electron chi connectivity index (χ4n) is 1.64. The Bertz CT molecular complexity index is 790. The maximum Gasteiger partial charge on any atom is 0.282 e. The van der Waals surface area contributed by atoms with Gasteiger partial charge in [-0.15, -0.1) is 0 Å². The molecular formula is C14H9BrFN3O. The molecule has 0 aliphatic carbocycles. The number of hydrogen-bond donors (Lipinski definition) is 1. The van der Waals surface area contributed by atoms with E-state index in [1.54, 1.807) is 31.2 Å². The molecule has 1 N–H and O–H groups in total. The maximum absolute atomic E-state index is 13.1. The van der Waals surface area contributed by atoms with Crippen LogP contribution in [0.15, 0.2) is 27.5 Å². The molecule has 0 bridgehead atoms. The van der Waals surface area contributed by atoms with Gasteiger partial charge in [0.1, 0.15) is 17.4 Å². The Hall–Kier alpha value is -2.26. The summed E-state index contributed by atoms with van der Waals surface area (Å²) in [7, 11) is 0. The third kappa shape index (κ3) is 2.83. The third-order valence-electron chi connectivity index (χ3n) is 2.75. The second-order valence-corrected chi connectivity index (χ2v) is 4.91. The minimum atomic E-state index is -0.508. The lowest BCUT2D eigenvalue weighted by atomic mass is 10.1. The van der Waals surface area contributed by atoms with E-state index in [1.165, 1.54) is 6.07 Å². The van der Waals surface area contributed by atoms with Crippen LogP contribution < -0.4 is 5.56 Å². The molecule has 0 atom stereocenters. The van der Waals surface area contributed by atoms with Crippen molar-refractivity contribution in [2.75, 3.05) is 0 Å². The van der Waals surface area contributed by atoms with Crippen LogP contribution in [-0.4, -0.2) is 10.2 Å². The van der Waals surface area contributed by atoms with Crippen LogP contribution in [-0.2, 0) is 0 Å². The Labute approximate surface area is 122 Å². The number of nitrogens with one attached hydrogen (secondary N) is 1. The van der Waals surface area contributed by atoms with Crippen molar-refractivity contribution < 1.29 is 4.39 Å². The van der Waals surface area contributed by atoms with Crippen molar-refractivity contribution in [3.63, 3.8) is 0 Å². The Morgan fingerprint density at radius 2 is 2.20 bits per heavy atom. The van der Waals surface area contributed by atoms with Gasteiger partial charge in [0, 0.05) is 0 Å². The van der Waals surface area contributed by atoms with Crippen LogP contribution in [0.2, 0.25) is 0 Å². The molecule has 0 radical (unpaired) electrons. The average Bonchev–Trinajstić information content (AvgIpc) is 2.42. The summed E-state index contributed by atoms with van der Waals surface area (Å²) in [4.78, 5) is 11.4. The van der Waals surface area contributed by atoms with Crippen molar-refractivity contribution in [1.29, 1.82) is 5.26 Å². The number of benzene rings is 1. The summed E-state index contributed by atoms with van der Waals surface area (Å²) in [5.41, 5.74) is 1.30. The number of hydrogen-bond acceptors (Lipinski definition) is 3. The van der Waals surface area contributed by atoms with Gasteiger partial charge in [0.25, 0.3) is 5.56 Å². The normalized spacial score (nSPS) is 10.7. The molecule has 6 heteroatoms. The molecular weight excluding hydrogens is 325 g/mol. The molecule has 0 aliphatic rings. The molecule has 0 saturated heterocycles. The van der Waals surface area contributed by atoms with E-state index >= 15 is 0 Å². The highest BCUT2D eigenvalue weighted by Crippen LogP contribution is 2.18. The maximum atomic E-state index is 13.1. The van der Waals surface area contributed by atoms with E-state index in [9.17, 15) is 9.18 Å². The Morgan fingerprint density at radius 3 is 2.85 bits per heavy atom. The van der Waals surface area contributed by atoms with Gasteiger partial charge < -0.3 is 0 Å². The van der Waals surface area contributed by atoms with Gasteiger partial charge in [-0.2, -0.15) is 10.4 Å². The van der Waals surface area contributed by atoms with Gasteiger partial charge in [0.15, 0.2) is 0 Å². The number of aromatic amines is 1. The van der Waals surface area contributed by atoms with Crippen LogP contribution in [0.25, 0.3) is 12.2 Å². The van der Waals surface area contributed by atoms with Crippen molar-refractivity contribution in [2.45, 2.75) is 6.92 Å². The summed E-state index contributed by atoms with van der Waals surface area (Å²) in [6, 6.07) is 6.43. The van der Waals surface area contributed by atoms with Crippen LogP contribution in [0, 0.1) is 24.1 Å². The first-order valence-electron chi connectivity index (χ1n) is 5.65. The van der Waals surface area contributed by atoms with Gasteiger partial charge in [-0.1, -0.05) is 12.1 Å². The van der Waals surface area contributed by atoms with E-state index in [2.05, 4.69) is 26.1 Å². The Balaban J connectivity index is 2.40. The van der Waals surface area contributed by atoms with Gasteiger partial charge in [-0.25, -0.2) is 9.49 Å². The lowest BCUT2D eigenvalue weighted by Crippen LogP contribution is -2.15. The van der Waals surface area contributed by atoms with E-state index in [4.69, 9.17) is 5.26 Å². The van der Waals surface area contributed by atoms with Gasteiger partial charge in [-0.3, -0.25) is 4.79 Å². The molecule has 0 amide bonds. The van der Waals surface area contributed by atoms with Gasteiger partial charge in [0.05, 0.1) is 10.2 Å². The lowest BCUT2D eigenvalue weighted by Gasteiger charge is -2.00. The highest BCUT2D eigenvalue weighted by Gasteiger charge is 2.07. The molecule has 0 aliphatic heterocycles. The van der Waals surface area contributed by atoms with Crippen LogP contribution in [0.4, 0.5) is 4.39 Å². The van der Waals surface area contributed by atoms with E-state index in [0.29, 0.717) is 15.7 Å². The van der Waals surface area contributed by atoms with E-state index in [-0.39, 0.29) is 11.4 Å². The van der Waals surface area contributed by atoms with Crippen molar-refractivity contribution in [3.05, 3.63) is 61.2 Å². The topological polar surface area (TPSA) is 69.5 Å². The van der Waals surface area contributed by atoms with Crippen LogP contribution >= 0.6 is 15.9 Å². The average molecular weight is 334 g/mol. The molecule has 100 valence electrons. The van der Waals surface area contributed by atoms with Crippen LogP contribution in [0.1, 0.15) is 22.4 Å². The smallest absolute Gasteiger partial charge is 0.267 e. The Morgan fingerprint density at radius 1 is 1.45 bits per heavy atom. The van der Waals surface area contributed by atoms with Crippen LogP contribution in [0.5, 0.6) is 0 Å². The summed E-state index contributed by atoms with van der Waals surface area (Å²) in [5.74, 6) is -0.340. The number of rotatable bonds is 2. The first kappa shape index (κ1) is 14.2. The zero-order valence-corrected chi connectivity index (χ0v) is 12.0. The molecule has 1 aromatic carbocycles. The van der Waals surface area contributed by atoms with Gasteiger partial charge in [0.2, 0.25) is 0 Å². The molecule has 4 nitrogen and oxygen atoms in total. The molecule has 0 unspecified atom stereocenters. The standard InChI is InChI=1S/C14H9BrFN3O/c1-8-10(7-17)14(20)19-18-13(8)5-3-9-2-4-12(16)11(15)6-9/h2-6H,1H3,(H,19,20). The lowest BCUT2D eigenvalue weighted by molar-refractivity contribution is 0.621. The first-order chi connectivity index (χ1) is 9.52. The van der Waals surface area contributed by atoms with E-state index in [1.807, 2.05) is 6.07 Å². The zero-order valence-electron chi connectivity index (χ0n) is 10.4. The fourth-order valence-corrected chi connectivity index (χ4v) is 2.03. The van der Waals surface area contributed by atoms with Crippen molar-refractivity contribution in [2.24, 2.45) is 0 Å². The highest BCUT2D eigenvalue weighted by molar-refractivity contribution is 9.10. The summed E-state index contributed by atoms with van der Waals surface area (Å²) in [6.45, 7) is 1.65. The SMILES string of the molecule is Cc1c(C=Cc2ccc(F)c(Br)c2)n[nH]c(=O)c1C#N. The quantitative estimate of drug-likeness (QED) is 0.918. The van der Waals surface area contributed by atoms with E-state index < -0.39 is 5.56 Å². The van der Waals surface area contributed by atoms with Crippen molar-refractivity contribution in [1.82, 2.24) is 10.2 Å². The molecule has 20 heavy (non-hydrogen) atoms. The molecule has 1 aromatic heterocycles. The predicted octanol–water partition coefficient (Wildman–Crippen LogP) is 3.02. The molecule has 0 spiro atoms. The van der Waals surface area contributed by atoms with Gasteiger partial charge in [-0.05, 0) is 52.2 Å². The second-order valence-electron chi connectivity index (χ2n) is 4.06. The summed E-state index contributed by atoms with van der Waals surface area (Å²) in [5, 5.41) is 15.1. The number of aromatic nitrogens is 2. The van der Waals surface area contributed by atoms with Crippen LogP contribution in [0.3, 0.4) is 0 Å². The zero-order chi connectivity index (χ0) is 14.7. The van der Waals surface area contributed by atoms with E-state index in [0.717, 1.165) is 5.56 Å². The minimum absolute atomic E-state index is 0.0416.